The van der Waals surface area contributed by atoms with Crippen LogP contribution in [-0.2, 0) is 22.4 Å². The van der Waals surface area contributed by atoms with E-state index in [1.807, 2.05) is 24.0 Å². The predicted molar refractivity (Wildman–Crippen MR) is 140 cm³/mol. The summed E-state index contributed by atoms with van der Waals surface area (Å²) in [5, 5.41) is 4.70. The summed E-state index contributed by atoms with van der Waals surface area (Å²) in [6, 6.07) is 14.5. The maximum atomic E-state index is 12.9. The average Bonchev–Trinajstić information content (AvgIpc) is 3.25. The van der Waals surface area contributed by atoms with Crippen LogP contribution in [0.1, 0.15) is 35.3 Å². The van der Waals surface area contributed by atoms with Crippen LogP contribution in [0.4, 0.5) is 4.79 Å². The van der Waals surface area contributed by atoms with Crippen molar-refractivity contribution in [1.29, 1.82) is 0 Å². The van der Waals surface area contributed by atoms with Gasteiger partial charge in [0, 0.05) is 43.7 Å². The number of halogens is 1. The van der Waals surface area contributed by atoms with Gasteiger partial charge in [-0.25, -0.2) is 4.79 Å². The highest BCUT2D eigenvalue weighted by Gasteiger charge is 2.31. The van der Waals surface area contributed by atoms with E-state index in [9.17, 15) is 4.79 Å². The molecule has 0 bridgehead atoms. The van der Waals surface area contributed by atoms with Gasteiger partial charge in [0.25, 0.3) is 0 Å². The molecule has 2 aromatic carbocycles. The molecule has 2 aliphatic rings. The Labute approximate surface area is 214 Å². The molecule has 1 unspecified atom stereocenters. The van der Waals surface area contributed by atoms with Gasteiger partial charge in [-0.2, -0.15) is 0 Å². The van der Waals surface area contributed by atoms with Crippen LogP contribution in [0.3, 0.4) is 0 Å². The van der Waals surface area contributed by atoms with Crippen LogP contribution in [0.2, 0.25) is 0 Å². The highest BCUT2D eigenvalue weighted by molar-refractivity contribution is 9.10. The molecule has 0 radical (unpaired) electrons. The first-order chi connectivity index (χ1) is 17.1. The second-order valence-corrected chi connectivity index (χ2v) is 9.97. The Balaban J connectivity index is 1.34. The van der Waals surface area contributed by atoms with Crippen molar-refractivity contribution >= 4 is 32.9 Å². The maximum Gasteiger partial charge on any atom is 0.410 e. The molecule has 8 heteroatoms. The Morgan fingerprint density at radius 3 is 2.74 bits per heavy atom. The van der Waals surface area contributed by atoms with Crippen LogP contribution in [0, 0.1) is 0 Å². The number of nitrogens with one attached hydrogen (secondary N) is 1. The first kappa shape index (κ1) is 24.3. The number of hydrogen-bond donors (Lipinski definition) is 1. The fourth-order valence-corrected chi connectivity index (χ4v) is 5.40. The van der Waals surface area contributed by atoms with Gasteiger partial charge in [0.15, 0.2) is 0 Å². The van der Waals surface area contributed by atoms with Crippen LogP contribution in [-0.4, -0.2) is 68.4 Å². The number of fused-ring (bicyclic) bond motifs is 3. The third-order valence-corrected chi connectivity index (χ3v) is 7.34. The lowest BCUT2D eigenvalue weighted by Gasteiger charge is -2.39. The lowest BCUT2D eigenvalue weighted by molar-refractivity contribution is 0.0384. The number of ether oxygens (including phenoxy) is 2. The minimum atomic E-state index is -0.287. The molecule has 7 nitrogen and oxygen atoms in total. The van der Waals surface area contributed by atoms with Gasteiger partial charge in [0.2, 0.25) is 0 Å². The Morgan fingerprint density at radius 2 is 1.97 bits per heavy atom. The van der Waals surface area contributed by atoms with Crippen LogP contribution >= 0.6 is 15.9 Å². The molecule has 1 amide bonds. The van der Waals surface area contributed by atoms with E-state index in [0.717, 1.165) is 79.0 Å². The highest BCUT2D eigenvalue weighted by Crippen LogP contribution is 2.39. The van der Waals surface area contributed by atoms with Gasteiger partial charge in [0.1, 0.15) is 0 Å². The number of benzene rings is 2. The number of amides is 1. The summed E-state index contributed by atoms with van der Waals surface area (Å²) < 4.78 is 11.9. The lowest BCUT2D eigenvalue weighted by atomic mass is 9.92. The molecule has 1 aromatic heterocycles. The normalized spacial score (nSPS) is 18.6. The lowest BCUT2D eigenvalue weighted by Crippen LogP contribution is -2.41. The summed E-state index contributed by atoms with van der Waals surface area (Å²) in [7, 11) is 0. The molecule has 1 atom stereocenters. The Hall–Kier alpha value is -2.39. The van der Waals surface area contributed by atoms with Gasteiger partial charge in [0.05, 0.1) is 25.9 Å². The van der Waals surface area contributed by atoms with E-state index in [1.54, 1.807) is 0 Å². The van der Waals surface area contributed by atoms with Gasteiger partial charge in [-0.1, -0.05) is 51.8 Å². The molecule has 1 saturated heterocycles. The fourth-order valence-electron chi connectivity index (χ4n) is 5.03. The number of carbonyl (C=O) groups is 1. The average molecular weight is 540 g/mol. The summed E-state index contributed by atoms with van der Waals surface area (Å²) in [5.41, 5.74) is 5.42. The third-order valence-electron chi connectivity index (χ3n) is 6.84. The summed E-state index contributed by atoms with van der Waals surface area (Å²) >= 11 is 3.59. The van der Waals surface area contributed by atoms with Crippen molar-refractivity contribution in [3.05, 3.63) is 69.3 Å². The molecular weight excluding hydrogens is 508 g/mol. The van der Waals surface area contributed by atoms with Crippen molar-refractivity contribution in [2.45, 2.75) is 25.9 Å². The fraction of sp³-hybridized carbons (Fsp3) is 0.444. The second kappa shape index (κ2) is 11.1. The third kappa shape index (κ3) is 5.40. The summed E-state index contributed by atoms with van der Waals surface area (Å²) in [6.07, 6.45) is 0.480. The first-order valence-electron chi connectivity index (χ1n) is 12.4. The van der Waals surface area contributed by atoms with Crippen molar-refractivity contribution in [2.75, 3.05) is 52.5 Å². The van der Waals surface area contributed by atoms with Crippen molar-refractivity contribution in [2.24, 2.45) is 0 Å². The minimum Gasteiger partial charge on any atom is -0.659 e. The highest BCUT2D eigenvalue weighted by atomic mass is 79.9. The number of rotatable bonds is 7. The largest absolute Gasteiger partial charge is 0.659 e. The SMILES string of the molecule is CCOC(=O)N1CCc2c([n-]c3ccc(Br)cc23)C1c1ccc(CNCCN2CCOCC2)cc1. The number of morpholine rings is 1. The van der Waals surface area contributed by atoms with Gasteiger partial charge in [-0.15, -0.1) is 11.2 Å². The molecule has 0 aliphatic carbocycles. The van der Waals surface area contributed by atoms with E-state index in [2.05, 4.69) is 56.5 Å². The molecule has 186 valence electrons. The zero-order chi connectivity index (χ0) is 24.2. The Bertz CT molecular complexity index is 1160. The number of carbonyl (C=O) groups excluding carboxylic acids is 1. The number of aromatic nitrogens is 1. The zero-order valence-electron chi connectivity index (χ0n) is 20.1. The topological polar surface area (TPSA) is 68.1 Å². The first-order valence-corrected chi connectivity index (χ1v) is 13.2. The summed E-state index contributed by atoms with van der Waals surface area (Å²) in [4.78, 5) is 22.1. The monoisotopic (exact) mass is 539 g/mol. The second-order valence-electron chi connectivity index (χ2n) is 9.05. The number of nitrogens with zero attached hydrogens (tertiary/aromatic N) is 3. The van der Waals surface area contributed by atoms with Crippen molar-refractivity contribution < 1.29 is 14.3 Å². The van der Waals surface area contributed by atoms with E-state index < -0.39 is 0 Å². The van der Waals surface area contributed by atoms with E-state index in [-0.39, 0.29) is 12.1 Å². The van der Waals surface area contributed by atoms with E-state index in [1.165, 1.54) is 11.1 Å². The van der Waals surface area contributed by atoms with Crippen LogP contribution in [0.25, 0.3) is 10.9 Å². The van der Waals surface area contributed by atoms with Gasteiger partial charge >= 0.3 is 6.09 Å². The van der Waals surface area contributed by atoms with Gasteiger partial charge in [-0.05, 0) is 42.0 Å². The van der Waals surface area contributed by atoms with E-state index >= 15 is 0 Å². The van der Waals surface area contributed by atoms with Crippen molar-refractivity contribution in [3.63, 3.8) is 0 Å². The predicted octanol–water partition coefficient (Wildman–Crippen LogP) is 4.09. The zero-order valence-corrected chi connectivity index (χ0v) is 21.7. The maximum absolute atomic E-state index is 12.9. The molecule has 3 heterocycles. The molecule has 1 N–H and O–H groups in total. The molecule has 0 saturated carbocycles. The molecule has 2 aliphatic heterocycles. The minimum absolute atomic E-state index is 0.257. The Morgan fingerprint density at radius 1 is 1.17 bits per heavy atom. The molecular formula is C27H32BrN4O3-. The van der Waals surface area contributed by atoms with Crippen LogP contribution in [0.5, 0.6) is 0 Å². The van der Waals surface area contributed by atoms with Crippen molar-refractivity contribution in [1.82, 2.24) is 20.1 Å². The number of hydrogen-bond acceptors (Lipinski definition) is 5. The molecule has 3 aromatic rings. The van der Waals surface area contributed by atoms with Gasteiger partial charge in [-0.3, -0.25) is 9.80 Å². The van der Waals surface area contributed by atoms with Crippen LogP contribution < -0.4 is 10.3 Å². The van der Waals surface area contributed by atoms with Crippen LogP contribution in [0.15, 0.2) is 46.9 Å². The van der Waals surface area contributed by atoms with E-state index in [0.29, 0.717) is 13.2 Å². The van der Waals surface area contributed by atoms with Gasteiger partial charge < -0.3 is 19.8 Å². The summed E-state index contributed by atoms with van der Waals surface area (Å²) in [5.74, 6) is 0. The smallest absolute Gasteiger partial charge is 0.410 e. The Kier molecular flexibility index (Phi) is 7.72. The molecule has 5 rings (SSSR count). The van der Waals surface area contributed by atoms with E-state index in [4.69, 9.17) is 14.5 Å². The summed E-state index contributed by atoms with van der Waals surface area (Å²) in [6.45, 7) is 9.29. The molecule has 35 heavy (non-hydrogen) atoms. The molecule has 1 fully saturated rings. The van der Waals surface area contributed by atoms with Crippen molar-refractivity contribution in [3.8, 4) is 0 Å². The molecule has 0 spiro atoms. The standard InChI is InChI=1S/C27H32BrN4O3/c1-2-35-27(33)32-11-9-22-23-17-21(28)7-8-24(23)30-25(22)26(32)20-5-3-19(4-6-20)18-29-10-12-31-13-15-34-16-14-31/h3-8,17,26,29H,2,9-16,18H2,1H3/q-1. The quantitative estimate of drug-likeness (QED) is 0.456.